The highest BCUT2D eigenvalue weighted by Crippen LogP contribution is 2.33. The van der Waals surface area contributed by atoms with Crippen LogP contribution in [0.5, 0.6) is 11.5 Å². The summed E-state index contributed by atoms with van der Waals surface area (Å²) in [5.74, 6) is 1.81. The third-order valence-corrected chi connectivity index (χ3v) is 3.37. The molecule has 0 aromatic heterocycles. The predicted octanol–water partition coefficient (Wildman–Crippen LogP) is 3.93. The third kappa shape index (κ3) is 4.75. The number of hydrogen-bond donors (Lipinski definition) is 1. The quantitative estimate of drug-likeness (QED) is 0.686. The maximum absolute atomic E-state index is 5.93. The molecule has 0 saturated carbocycles. The van der Waals surface area contributed by atoms with Crippen LogP contribution in [0.2, 0.25) is 0 Å². The summed E-state index contributed by atoms with van der Waals surface area (Å²) in [5, 5.41) is 3.25. The maximum atomic E-state index is 5.93. The molecule has 3 heteroatoms. The normalized spacial score (nSPS) is 12.2. The van der Waals surface area contributed by atoms with Crippen LogP contribution in [-0.4, -0.2) is 20.8 Å². The number of ether oxygens (including phenoxy) is 2. The molecule has 0 amide bonds. The van der Waals surface area contributed by atoms with Crippen molar-refractivity contribution in [2.24, 2.45) is 0 Å². The lowest BCUT2D eigenvalue weighted by molar-refractivity contribution is 0.295. The Hall–Kier alpha value is -1.22. The van der Waals surface area contributed by atoms with Crippen molar-refractivity contribution < 1.29 is 9.47 Å². The van der Waals surface area contributed by atoms with E-state index in [9.17, 15) is 0 Å². The van der Waals surface area contributed by atoms with Crippen LogP contribution in [0.4, 0.5) is 0 Å². The SMILES string of the molecule is CCCCCCOc1cccc(OC)c1C(C)NC. The molecule has 1 rings (SSSR count). The van der Waals surface area contributed by atoms with Crippen molar-refractivity contribution >= 4 is 0 Å². The zero-order chi connectivity index (χ0) is 14.1. The molecule has 1 unspecified atom stereocenters. The van der Waals surface area contributed by atoms with E-state index in [4.69, 9.17) is 9.47 Å². The number of rotatable bonds is 9. The fourth-order valence-corrected chi connectivity index (χ4v) is 2.11. The van der Waals surface area contributed by atoms with Gasteiger partial charge in [-0.05, 0) is 32.5 Å². The first-order valence-corrected chi connectivity index (χ1v) is 7.21. The fourth-order valence-electron chi connectivity index (χ4n) is 2.11. The molecular weight excluding hydrogens is 238 g/mol. The summed E-state index contributed by atoms with van der Waals surface area (Å²) in [7, 11) is 3.65. The minimum Gasteiger partial charge on any atom is -0.496 e. The fraction of sp³-hybridized carbons (Fsp3) is 0.625. The van der Waals surface area contributed by atoms with Crippen molar-refractivity contribution in [3.05, 3.63) is 23.8 Å². The van der Waals surface area contributed by atoms with Crippen LogP contribution in [0.15, 0.2) is 18.2 Å². The molecule has 0 spiro atoms. The average molecular weight is 265 g/mol. The van der Waals surface area contributed by atoms with Gasteiger partial charge in [0.25, 0.3) is 0 Å². The summed E-state index contributed by atoms with van der Waals surface area (Å²) in [4.78, 5) is 0. The molecule has 108 valence electrons. The first-order chi connectivity index (χ1) is 9.24. The molecule has 19 heavy (non-hydrogen) atoms. The van der Waals surface area contributed by atoms with Gasteiger partial charge in [-0.2, -0.15) is 0 Å². The first kappa shape index (κ1) is 15.8. The summed E-state index contributed by atoms with van der Waals surface area (Å²) in [6.07, 6.45) is 4.87. The molecule has 0 radical (unpaired) electrons. The van der Waals surface area contributed by atoms with E-state index in [1.165, 1.54) is 19.3 Å². The monoisotopic (exact) mass is 265 g/mol. The van der Waals surface area contributed by atoms with Crippen LogP contribution in [0.1, 0.15) is 51.1 Å². The van der Waals surface area contributed by atoms with Gasteiger partial charge in [0.15, 0.2) is 0 Å². The van der Waals surface area contributed by atoms with Crippen molar-refractivity contribution in [1.82, 2.24) is 5.32 Å². The van der Waals surface area contributed by atoms with Crippen LogP contribution in [-0.2, 0) is 0 Å². The molecule has 0 heterocycles. The molecule has 0 aliphatic rings. The first-order valence-electron chi connectivity index (χ1n) is 7.21. The van der Waals surface area contributed by atoms with Gasteiger partial charge >= 0.3 is 0 Å². The zero-order valence-corrected chi connectivity index (χ0v) is 12.7. The molecule has 0 bridgehead atoms. The zero-order valence-electron chi connectivity index (χ0n) is 12.7. The van der Waals surface area contributed by atoms with Gasteiger partial charge in [-0.15, -0.1) is 0 Å². The standard InChI is InChI=1S/C16H27NO2/c1-5-6-7-8-12-19-15-11-9-10-14(18-4)16(15)13(2)17-3/h9-11,13,17H,5-8,12H2,1-4H3. The Balaban J connectivity index is 2.70. The maximum Gasteiger partial charge on any atom is 0.127 e. The minimum atomic E-state index is 0.210. The van der Waals surface area contributed by atoms with Gasteiger partial charge in [0.2, 0.25) is 0 Å². The molecule has 0 saturated heterocycles. The van der Waals surface area contributed by atoms with Crippen molar-refractivity contribution in [1.29, 1.82) is 0 Å². The summed E-state index contributed by atoms with van der Waals surface area (Å²) >= 11 is 0. The topological polar surface area (TPSA) is 30.5 Å². The molecule has 1 atom stereocenters. The molecule has 3 nitrogen and oxygen atoms in total. The van der Waals surface area contributed by atoms with Crippen molar-refractivity contribution in [3.63, 3.8) is 0 Å². The van der Waals surface area contributed by atoms with Gasteiger partial charge < -0.3 is 14.8 Å². The van der Waals surface area contributed by atoms with Crippen LogP contribution >= 0.6 is 0 Å². The number of unbranched alkanes of at least 4 members (excludes halogenated alkanes) is 3. The highest BCUT2D eigenvalue weighted by atomic mass is 16.5. The number of nitrogens with one attached hydrogen (secondary N) is 1. The Morgan fingerprint density at radius 1 is 1.16 bits per heavy atom. The largest absolute Gasteiger partial charge is 0.496 e. The van der Waals surface area contributed by atoms with E-state index < -0.39 is 0 Å². The van der Waals surface area contributed by atoms with Gasteiger partial charge in [-0.25, -0.2) is 0 Å². The van der Waals surface area contributed by atoms with E-state index in [1.54, 1.807) is 7.11 Å². The second kappa shape index (κ2) is 8.81. The van der Waals surface area contributed by atoms with E-state index in [-0.39, 0.29) is 6.04 Å². The minimum absolute atomic E-state index is 0.210. The Bertz CT molecular complexity index is 366. The lowest BCUT2D eigenvalue weighted by Gasteiger charge is -2.19. The van der Waals surface area contributed by atoms with E-state index >= 15 is 0 Å². The lowest BCUT2D eigenvalue weighted by atomic mass is 10.1. The van der Waals surface area contributed by atoms with E-state index in [0.29, 0.717) is 0 Å². The smallest absolute Gasteiger partial charge is 0.127 e. The Labute approximate surface area is 117 Å². The Kier molecular flexibility index (Phi) is 7.34. The highest BCUT2D eigenvalue weighted by Gasteiger charge is 2.15. The number of benzene rings is 1. The summed E-state index contributed by atoms with van der Waals surface area (Å²) in [6, 6.07) is 6.19. The van der Waals surface area contributed by atoms with Crippen molar-refractivity contribution in [3.8, 4) is 11.5 Å². The van der Waals surface area contributed by atoms with Gasteiger partial charge in [0, 0.05) is 6.04 Å². The molecule has 1 aromatic rings. The van der Waals surface area contributed by atoms with Gasteiger partial charge in [0.05, 0.1) is 19.3 Å². The lowest BCUT2D eigenvalue weighted by Crippen LogP contribution is -2.15. The Morgan fingerprint density at radius 2 is 1.89 bits per heavy atom. The second-order valence-corrected chi connectivity index (χ2v) is 4.79. The Morgan fingerprint density at radius 3 is 2.53 bits per heavy atom. The van der Waals surface area contributed by atoms with Gasteiger partial charge in [-0.3, -0.25) is 0 Å². The van der Waals surface area contributed by atoms with Gasteiger partial charge in [-0.1, -0.05) is 32.3 Å². The average Bonchev–Trinajstić information content (AvgIpc) is 2.45. The van der Waals surface area contributed by atoms with E-state index in [1.807, 2.05) is 25.2 Å². The van der Waals surface area contributed by atoms with Gasteiger partial charge in [0.1, 0.15) is 11.5 Å². The molecule has 1 N–H and O–H groups in total. The van der Waals surface area contributed by atoms with E-state index in [2.05, 4.69) is 19.2 Å². The summed E-state index contributed by atoms with van der Waals surface area (Å²) < 4.78 is 11.4. The molecule has 0 fully saturated rings. The number of methoxy groups -OCH3 is 1. The number of hydrogen-bond acceptors (Lipinski definition) is 3. The molecule has 0 aliphatic carbocycles. The molecular formula is C16H27NO2. The van der Waals surface area contributed by atoms with Crippen LogP contribution < -0.4 is 14.8 Å². The second-order valence-electron chi connectivity index (χ2n) is 4.79. The van der Waals surface area contributed by atoms with Crippen molar-refractivity contribution in [2.75, 3.05) is 20.8 Å². The molecule has 0 aliphatic heterocycles. The molecule has 1 aromatic carbocycles. The van der Waals surface area contributed by atoms with Crippen LogP contribution in [0.25, 0.3) is 0 Å². The van der Waals surface area contributed by atoms with Crippen LogP contribution in [0.3, 0.4) is 0 Å². The third-order valence-electron chi connectivity index (χ3n) is 3.37. The van der Waals surface area contributed by atoms with E-state index in [0.717, 1.165) is 30.1 Å². The highest BCUT2D eigenvalue weighted by molar-refractivity contribution is 5.46. The van der Waals surface area contributed by atoms with Crippen LogP contribution in [0, 0.1) is 0 Å². The summed E-state index contributed by atoms with van der Waals surface area (Å²) in [6.45, 7) is 5.11. The predicted molar refractivity (Wildman–Crippen MR) is 80.1 cm³/mol. The summed E-state index contributed by atoms with van der Waals surface area (Å²) in [5.41, 5.74) is 1.10. The van der Waals surface area contributed by atoms with Crippen molar-refractivity contribution in [2.45, 2.75) is 45.6 Å².